The molecule has 2 aromatic rings. The van der Waals surface area contributed by atoms with Gasteiger partial charge in [-0.05, 0) is 49.1 Å². The zero-order valence-electron chi connectivity index (χ0n) is 12.5. The van der Waals surface area contributed by atoms with Crippen molar-refractivity contribution in [2.75, 3.05) is 7.11 Å². The Kier molecular flexibility index (Phi) is 4.42. The molecule has 2 rings (SSSR count). The lowest BCUT2D eigenvalue weighted by atomic mass is 9.95. The third-order valence-electron chi connectivity index (χ3n) is 3.73. The molecule has 0 saturated heterocycles. The van der Waals surface area contributed by atoms with E-state index in [9.17, 15) is 0 Å². The Balaban J connectivity index is 2.49. The predicted octanol–water partition coefficient (Wildman–Crippen LogP) is 3.17. The van der Waals surface area contributed by atoms with Crippen LogP contribution in [0.2, 0.25) is 0 Å². The second-order valence-electron chi connectivity index (χ2n) is 5.19. The average molecular weight is 270 g/mol. The van der Waals surface area contributed by atoms with Gasteiger partial charge in [0.2, 0.25) is 0 Å². The molecule has 0 fully saturated rings. The molecule has 0 heterocycles. The van der Waals surface area contributed by atoms with E-state index in [1.807, 2.05) is 13.0 Å². The number of ether oxygens (including phenoxy) is 1. The monoisotopic (exact) mass is 270 g/mol. The molecule has 2 aromatic carbocycles. The SMILES string of the molecule is COc1cc(C)ccc1C(NN)c1ccc(C)c(C)c1. The van der Waals surface area contributed by atoms with Crippen molar-refractivity contribution in [3.8, 4) is 5.75 Å². The molecule has 0 bridgehead atoms. The Morgan fingerprint density at radius 2 is 1.75 bits per heavy atom. The van der Waals surface area contributed by atoms with Crippen molar-refractivity contribution in [1.82, 2.24) is 5.43 Å². The lowest BCUT2D eigenvalue weighted by Gasteiger charge is -2.21. The Bertz CT molecular complexity index is 608. The lowest BCUT2D eigenvalue weighted by molar-refractivity contribution is 0.404. The molecule has 1 atom stereocenters. The van der Waals surface area contributed by atoms with Crippen molar-refractivity contribution in [1.29, 1.82) is 0 Å². The van der Waals surface area contributed by atoms with Gasteiger partial charge in [-0.2, -0.15) is 0 Å². The van der Waals surface area contributed by atoms with Crippen molar-refractivity contribution < 1.29 is 4.74 Å². The Morgan fingerprint density at radius 1 is 1.00 bits per heavy atom. The van der Waals surface area contributed by atoms with E-state index in [1.165, 1.54) is 16.7 Å². The highest BCUT2D eigenvalue weighted by atomic mass is 16.5. The molecule has 106 valence electrons. The predicted molar refractivity (Wildman–Crippen MR) is 82.8 cm³/mol. The van der Waals surface area contributed by atoms with E-state index in [2.05, 4.69) is 49.6 Å². The summed E-state index contributed by atoms with van der Waals surface area (Å²) in [5.74, 6) is 6.63. The van der Waals surface area contributed by atoms with Crippen LogP contribution in [0, 0.1) is 20.8 Å². The van der Waals surface area contributed by atoms with Gasteiger partial charge >= 0.3 is 0 Å². The molecule has 3 heteroatoms. The molecule has 0 aliphatic heterocycles. The number of hydrogen-bond donors (Lipinski definition) is 2. The number of nitrogens with one attached hydrogen (secondary N) is 1. The van der Waals surface area contributed by atoms with Crippen LogP contribution in [0.1, 0.15) is 33.9 Å². The number of hydrazine groups is 1. The molecule has 0 radical (unpaired) electrons. The number of nitrogens with two attached hydrogens (primary N) is 1. The van der Waals surface area contributed by atoms with Crippen LogP contribution >= 0.6 is 0 Å². The zero-order chi connectivity index (χ0) is 14.7. The van der Waals surface area contributed by atoms with Crippen molar-refractivity contribution in [2.45, 2.75) is 26.8 Å². The third kappa shape index (κ3) is 2.84. The van der Waals surface area contributed by atoms with E-state index >= 15 is 0 Å². The van der Waals surface area contributed by atoms with Crippen molar-refractivity contribution in [2.24, 2.45) is 5.84 Å². The van der Waals surface area contributed by atoms with E-state index < -0.39 is 0 Å². The number of benzene rings is 2. The minimum Gasteiger partial charge on any atom is -0.496 e. The molecule has 0 amide bonds. The largest absolute Gasteiger partial charge is 0.496 e. The van der Waals surface area contributed by atoms with Crippen LogP contribution in [-0.4, -0.2) is 7.11 Å². The Labute approximate surface area is 120 Å². The molecule has 0 aliphatic carbocycles. The quantitative estimate of drug-likeness (QED) is 0.662. The first-order valence-electron chi connectivity index (χ1n) is 6.74. The maximum Gasteiger partial charge on any atom is 0.124 e. The summed E-state index contributed by atoms with van der Waals surface area (Å²) in [5, 5.41) is 0. The number of rotatable bonds is 4. The standard InChI is InChI=1S/C17H22N2O/c1-11-5-8-15(16(9-11)20-4)17(19-18)14-7-6-12(2)13(3)10-14/h5-10,17,19H,18H2,1-4H3. The van der Waals surface area contributed by atoms with E-state index in [1.54, 1.807) is 7.11 Å². The van der Waals surface area contributed by atoms with Crippen molar-refractivity contribution in [3.05, 3.63) is 64.2 Å². The van der Waals surface area contributed by atoms with Gasteiger partial charge in [0, 0.05) is 5.56 Å². The fraction of sp³-hybridized carbons (Fsp3) is 0.294. The summed E-state index contributed by atoms with van der Waals surface area (Å²) in [6.45, 7) is 6.27. The molecule has 0 aliphatic rings. The maximum atomic E-state index is 5.78. The summed E-state index contributed by atoms with van der Waals surface area (Å²) in [5.41, 5.74) is 8.78. The van der Waals surface area contributed by atoms with Gasteiger partial charge in [0.25, 0.3) is 0 Å². The van der Waals surface area contributed by atoms with E-state index in [0.717, 1.165) is 16.9 Å². The van der Waals surface area contributed by atoms with Crippen LogP contribution < -0.4 is 16.0 Å². The van der Waals surface area contributed by atoms with Crippen LogP contribution in [0.15, 0.2) is 36.4 Å². The summed E-state index contributed by atoms with van der Waals surface area (Å²) in [7, 11) is 1.69. The Morgan fingerprint density at radius 3 is 2.35 bits per heavy atom. The molecule has 0 saturated carbocycles. The normalized spacial score (nSPS) is 12.2. The fourth-order valence-electron chi connectivity index (χ4n) is 2.37. The van der Waals surface area contributed by atoms with Crippen LogP contribution in [0.5, 0.6) is 5.75 Å². The van der Waals surface area contributed by atoms with Crippen LogP contribution in [0.4, 0.5) is 0 Å². The summed E-state index contributed by atoms with van der Waals surface area (Å²) in [4.78, 5) is 0. The van der Waals surface area contributed by atoms with E-state index in [4.69, 9.17) is 10.6 Å². The van der Waals surface area contributed by atoms with Gasteiger partial charge in [-0.15, -0.1) is 0 Å². The second-order valence-corrected chi connectivity index (χ2v) is 5.19. The number of hydrogen-bond acceptors (Lipinski definition) is 3. The maximum absolute atomic E-state index is 5.78. The van der Waals surface area contributed by atoms with Gasteiger partial charge in [-0.25, -0.2) is 5.43 Å². The topological polar surface area (TPSA) is 47.3 Å². The fourth-order valence-corrected chi connectivity index (χ4v) is 2.37. The minimum absolute atomic E-state index is 0.0788. The molecular weight excluding hydrogens is 248 g/mol. The van der Waals surface area contributed by atoms with Gasteiger partial charge in [0.1, 0.15) is 5.75 Å². The van der Waals surface area contributed by atoms with E-state index in [0.29, 0.717) is 0 Å². The van der Waals surface area contributed by atoms with Gasteiger partial charge < -0.3 is 4.74 Å². The second kappa shape index (κ2) is 6.07. The molecule has 0 spiro atoms. The summed E-state index contributed by atoms with van der Waals surface area (Å²) in [6.07, 6.45) is 0. The van der Waals surface area contributed by atoms with Crippen molar-refractivity contribution in [3.63, 3.8) is 0 Å². The van der Waals surface area contributed by atoms with Gasteiger partial charge in [0.05, 0.1) is 13.2 Å². The highest BCUT2D eigenvalue weighted by Gasteiger charge is 2.17. The first kappa shape index (κ1) is 14.6. The van der Waals surface area contributed by atoms with Gasteiger partial charge in [0.15, 0.2) is 0 Å². The van der Waals surface area contributed by atoms with Gasteiger partial charge in [-0.1, -0.05) is 30.3 Å². The van der Waals surface area contributed by atoms with E-state index in [-0.39, 0.29) is 6.04 Å². The molecule has 0 aromatic heterocycles. The minimum atomic E-state index is -0.0788. The summed E-state index contributed by atoms with van der Waals surface area (Å²) in [6, 6.07) is 12.5. The number of methoxy groups -OCH3 is 1. The number of aryl methyl sites for hydroxylation is 3. The molecular formula is C17H22N2O. The molecule has 20 heavy (non-hydrogen) atoms. The Hall–Kier alpha value is -1.84. The lowest BCUT2D eigenvalue weighted by Crippen LogP contribution is -2.29. The van der Waals surface area contributed by atoms with Crippen LogP contribution in [0.25, 0.3) is 0 Å². The first-order chi connectivity index (χ1) is 9.56. The first-order valence-corrected chi connectivity index (χ1v) is 6.74. The summed E-state index contributed by atoms with van der Waals surface area (Å²) >= 11 is 0. The van der Waals surface area contributed by atoms with Crippen LogP contribution in [0.3, 0.4) is 0 Å². The molecule has 3 N–H and O–H groups in total. The van der Waals surface area contributed by atoms with Crippen molar-refractivity contribution >= 4 is 0 Å². The summed E-state index contributed by atoms with van der Waals surface area (Å²) < 4.78 is 5.49. The van der Waals surface area contributed by atoms with Gasteiger partial charge in [-0.3, -0.25) is 5.84 Å². The zero-order valence-corrected chi connectivity index (χ0v) is 12.5. The highest BCUT2D eigenvalue weighted by Crippen LogP contribution is 2.31. The third-order valence-corrected chi connectivity index (χ3v) is 3.73. The molecule has 1 unspecified atom stereocenters. The van der Waals surface area contributed by atoms with Crippen LogP contribution in [-0.2, 0) is 0 Å². The molecule has 3 nitrogen and oxygen atoms in total. The smallest absolute Gasteiger partial charge is 0.124 e. The average Bonchev–Trinajstić information content (AvgIpc) is 2.44. The highest BCUT2D eigenvalue weighted by molar-refractivity contribution is 5.45.